The molecule has 9 heteroatoms. The summed E-state index contributed by atoms with van der Waals surface area (Å²) in [6.45, 7) is 0.592. The molecule has 1 heterocycles. The van der Waals surface area contributed by atoms with Crippen LogP contribution in [0.4, 0.5) is 4.79 Å². The first kappa shape index (κ1) is 23.8. The lowest BCUT2D eigenvalue weighted by molar-refractivity contribution is -0.142. The van der Waals surface area contributed by atoms with Gasteiger partial charge in [-0.05, 0) is 49.9 Å². The Bertz CT molecular complexity index is 778. The number of aliphatic hydroxyl groups is 1. The van der Waals surface area contributed by atoms with Crippen LogP contribution < -0.4 is 15.4 Å². The number of ether oxygens (including phenoxy) is 2. The predicted octanol–water partition coefficient (Wildman–Crippen LogP) is 1.84. The fourth-order valence-electron chi connectivity index (χ4n) is 4.14. The van der Waals surface area contributed by atoms with Crippen LogP contribution in [-0.2, 0) is 9.53 Å². The maximum Gasteiger partial charge on any atom is 0.343 e. The highest BCUT2D eigenvalue weighted by Crippen LogP contribution is 2.19. The normalized spacial score (nSPS) is 21.9. The molecule has 3 N–H and O–H groups in total. The number of benzene rings is 1. The van der Waals surface area contributed by atoms with E-state index in [0.717, 1.165) is 25.7 Å². The summed E-state index contributed by atoms with van der Waals surface area (Å²) < 4.78 is 9.80. The Balaban J connectivity index is 1.56. The number of amides is 3. The summed E-state index contributed by atoms with van der Waals surface area (Å²) in [6, 6.07) is 5.86. The minimum absolute atomic E-state index is 0.127. The molecule has 176 valence electrons. The Kier molecular flexibility index (Phi) is 8.72. The molecule has 2 atom stereocenters. The van der Waals surface area contributed by atoms with Gasteiger partial charge in [0.15, 0.2) is 6.61 Å². The number of carbonyl (C=O) groups excluding carboxylic acids is 3. The first-order valence-electron chi connectivity index (χ1n) is 11.3. The highest BCUT2D eigenvalue weighted by molar-refractivity contribution is 5.94. The van der Waals surface area contributed by atoms with Crippen molar-refractivity contribution in [2.24, 2.45) is 0 Å². The lowest BCUT2D eigenvalue weighted by Crippen LogP contribution is -2.53. The van der Waals surface area contributed by atoms with Crippen molar-refractivity contribution >= 4 is 17.9 Å². The molecule has 1 aliphatic heterocycles. The van der Waals surface area contributed by atoms with Crippen LogP contribution in [-0.4, -0.2) is 72.9 Å². The zero-order chi connectivity index (χ0) is 22.9. The first-order valence-corrected chi connectivity index (χ1v) is 11.3. The number of carbonyl (C=O) groups is 3. The molecule has 1 aliphatic carbocycles. The smallest absolute Gasteiger partial charge is 0.343 e. The van der Waals surface area contributed by atoms with Gasteiger partial charge in [-0.15, -0.1) is 0 Å². The van der Waals surface area contributed by atoms with Crippen molar-refractivity contribution in [3.63, 3.8) is 0 Å². The number of nitrogens with one attached hydrogen (secondary N) is 2. The van der Waals surface area contributed by atoms with Gasteiger partial charge in [-0.3, -0.25) is 4.79 Å². The third-order valence-electron chi connectivity index (χ3n) is 6.05. The third kappa shape index (κ3) is 6.85. The summed E-state index contributed by atoms with van der Waals surface area (Å²) in [5.41, 5.74) is 0.394. The maximum atomic E-state index is 12.8. The second-order valence-corrected chi connectivity index (χ2v) is 8.41. The van der Waals surface area contributed by atoms with Gasteiger partial charge in [0.2, 0.25) is 0 Å². The standard InChI is InChI=1S/C23H33N3O6/c1-31-21(28)15-32-18-11-9-16(10-12-18)22(29)25-19-14-26(13-5-8-20(19)27)23(30)24-17-6-3-2-4-7-17/h9-12,17,19-20,27H,2-8,13-15H2,1H3,(H,24,30)(H,25,29)/t19-,20-/m1/s1. The highest BCUT2D eigenvalue weighted by Gasteiger charge is 2.30. The van der Waals surface area contributed by atoms with Crippen molar-refractivity contribution in [1.29, 1.82) is 0 Å². The Labute approximate surface area is 188 Å². The number of esters is 1. The summed E-state index contributed by atoms with van der Waals surface area (Å²) in [5.74, 6) is -0.402. The molecule has 1 saturated carbocycles. The van der Waals surface area contributed by atoms with Gasteiger partial charge in [0.05, 0.1) is 19.3 Å². The van der Waals surface area contributed by atoms with Crippen LogP contribution in [0.3, 0.4) is 0 Å². The number of urea groups is 1. The first-order chi connectivity index (χ1) is 15.5. The van der Waals surface area contributed by atoms with Gasteiger partial charge < -0.3 is 30.1 Å². The number of rotatable bonds is 6. The lowest BCUT2D eigenvalue weighted by Gasteiger charge is -2.30. The maximum absolute atomic E-state index is 12.8. The lowest BCUT2D eigenvalue weighted by atomic mass is 9.96. The van der Waals surface area contributed by atoms with E-state index >= 15 is 0 Å². The molecular formula is C23H33N3O6. The molecule has 0 radical (unpaired) electrons. The van der Waals surface area contributed by atoms with Gasteiger partial charge in [0, 0.05) is 24.7 Å². The van der Waals surface area contributed by atoms with E-state index in [-0.39, 0.29) is 31.1 Å². The predicted molar refractivity (Wildman–Crippen MR) is 117 cm³/mol. The number of likely N-dealkylation sites (tertiary alicyclic amines) is 1. The van der Waals surface area contributed by atoms with Gasteiger partial charge >= 0.3 is 12.0 Å². The monoisotopic (exact) mass is 447 g/mol. The Morgan fingerprint density at radius 3 is 2.44 bits per heavy atom. The zero-order valence-corrected chi connectivity index (χ0v) is 18.5. The summed E-state index contributed by atoms with van der Waals surface area (Å²) in [4.78, 5) is 38.4. The SMILES string of the molecule is COC(=O)COc1ccc(C(=O)N[C@@H]2CN(C(=O)NC3CCCCC3)CCC[C@H]2O)cc1. The molecule has 2 fully saturated rings. The molecule has 0 aromatic heterocycles. The van der Waals surface area contributed by atoms with Gasteiger partial charge in [0.25, 0.3) is 5.91 Å². The number of aliphatic hydroxyl groups excluding tert-OH is 1. The minimum Gasteiger partial charge on any atom is -0.482 e. The average Bonchev–Trinajstić information content (AvgIpc) is 2.99. The van der Waals surface area contributed by atoms with E-state index in [1.807, 2.05) is 0 Å². The van der Waals surface area contributed by atoms with Crippen LogP contribution in [0, 0.1) is 0 Å². The Morgan fingerprint density at radius 1 is 1.03 bits per heavy atom. The molecule has 0 bridgehead atoms. The molecule has 3 amide bonds. The van der Waals surface area contributed by atoms with Crippen LogP contribution in [0.15, 0.2) is 24.3 Å². The Morgan fingerprint density at radius 2 is 1.75 bits per heavy atom. The third-order valence-corrected chi connectivity index (χ3v) is 6.05. The molecule has 3 rings (SSSR count). The van der Waals surface area contributed by atoms with Gasteiger partial charge in [0.1, 0.15) is 5.75 Å². The van der Waals surface area contributed by atoms with Crippen molar-refractivity contribution in [3.8, 4) is 5.75 Å². The van der Waals surface area contributed by atoms with E-state index in [4.69, 9.17) is 4.74 Å². The van der Waals surface area contributed by atoms with Crippen molar-refractivity contribution in [2.45, 2.75) is 63.1 Å². The van der Waals surface area contributed by atoms with E-state index in [0.29, 0.717) is 30.7 Å². The molecule has 9 nitrogen and oxygen atoms in total. The van der Waals surface area contributed by atoms with Crippen molar-refractivity contribution in [1.82, 2.24) is 15.5 Å². The van der Waals surface area contributed by atoms with E-state index in [9.17, 15) is 19.5 Å². The molecule has 2 aliphatic rings. The molecule has 32 heavy (non-hydrogen) atoms. The van der Waals surface area contributed by atoms with Gasteiger partial charge in [-0.25, -0.2) is 9.59 Å². The van der Waals surface area contributed by atoms with Crippen LogP contribution in [0.5, 0.6) is 5.75 Å². The van der Waals surface area contributed by atoms with Crippen molar-refractivity contribution in [3.05, 3.63) is 29.8 Å². The average molecular weight is 448 g/mol. The van der Waals surface area contributed by atoms with Gasteiger partial charge in [-0.2, -0.15) is 0 Å². The summed E-state index contributed by atoms with van der Waals surface area (Å²) in [7, 11) is 1.28. The van der Waals surface area contributed by atoms with E-state index in [2.05, 4.69) is 15.4 Å². The number of hydrogen-bond acceptors (Lipinski definition) is 6. The van der Waals surface area contributed by atoms with Gasteiger partial charge in [-0.1, -0.05) is 19.3 Å². The second-order valence-electron chi connectivity index (χ2n) is 8.41. The summed E-state index contributed by atoms with van der Waals surface area (Å²) >= 11 is 0. The fourth-order valence-corrected chi connectivity index (χ4v) is 4.14. The minimum atomic E-state index is -0.728. The fraction of sp³-hybridized carbons (Fsp3) is 0.609. The Hall–Kier alpha value is -2.81. The molecule has 0 unspecified atom stereocenters. The highest BCUT2D eigenvalue weighted by atomic mass is 16.6. The van der Waals surface area contributed by atoms with Crippen LogP contribution in [0.1, 0.15) is 55.3 Å². The molecule has 1 aromatic carbocycles. The zero-order valence-electron chi connectivity index (χ0n) is 18.5. The van der Waals surface area contributed by atoms with Crippen molar-refractivity contribution < 1.29 is 29.0 Å². The largest absolute Gasteiger partial charge is 0.482 e. The van der Waals surface area contributed by atoms with E-state index in [1.54, 1.807) is 29.2 Å². The summed E-state index contributed by atoms with van der Waals surface area (Å²) in [6.07, 6.45) is 5.95. The topological polar surface area (TPSA) is 117 Å². The van der Waals surface area contributed by atoms with E-state index < -0.39 is 18.1 Å². The number of methoxy groups -OCH3 is 1. The molecule has 1 saturated heterocycles. The second kappa shape index (κ2) is 11.7. The quantitative estimate of drug-likeness (QED) is 0.573. The molecular weight excluding hydrogens is 414 g/mol. The van der Waals surface area contributed by atoms with Crippen LogP contribution >= 0.6 is 0 Å². The number of hydrogen-bond donors (Lipinski definition) is 3. The van der Waals surface area contributed by atoms with Crippen LogP contribution in [0.2, 0.25) is 0 Å². The summed E-state index contributed by atoms with van der Waals surface area (Å²) in [5, 5.41) is 16.5. The molecule has 0 spiro atoms. The van der Waals surface area contributed by atoms with Crippen LogP contribution in [0.25, 0.3) is 0 Å². The van der Waals surface area contributed by atoms with Crippen molar-refractivity contribution in [2.75, 3.05) is 26.8 Å². The molecule has 1 aromatic rings. The number of nitrogens with zero attached hydrogens (tertiary/aromatic N) is 1. The van der Waals surface area contributed by atoms with E-state index in [1.165, 1.54) is 13.5 Å².